The molecule has 0 unspecified atom stereocenters. The lowest BCUT2D eigenvalue weighted by Crippen LogP contribution is -2.14. The summed E-state index contributed by atoms with van der Waals surface area (Å²) in [4.78, 5) is 8.20. The fourth-order valence-electron chi connectivity index (χ4n) is 1.20. The van der Waals surface area contributed by atoms with Gasteiger partial charge in [0.1, 0.15) is 10.9 Å². The summed E-state index contributed by atoms with van der Waals surface area (Å²) in [6.45, 7) is 0.843. The Bertz CT molecular complexity index is 467. The standard InChI is InChI=1S/C10H9N3S2/c1-13(7-8-3-2-4-14-8)10-12-6-9(5-11)15-10/h2-4,6H,7H2,1H3. The average molecular weight is 235 g/mol. The van der Waals surface area contributed by atoms with E-state index in [9.17, 15) is 0 Å². The van der Waals surface area contributed by atoms with Crippen LogP contribution >= 0.6 is 22.7 Å². The van der Waals surface area contributed by atoms with Crippen molar-refractivity contribution in [3.05, 3.63) is 33.5 Å². The molecule has 0 N–H and O–H groups in total. The first kappa shape index (κ1) is 10.1. The van der Waals surface area contributed by atoms with Crippen molar-refractivity contribution in [2.45, 2.75) is 6.54 Å². The van der Waals surface area contributed by atoms with Crippen LogP contribution in [-0.2, 0) is 6.54 Å². The molecule has 76 valence electrons. The molecule has 5 heteroatoms. The third kappa shape index (κ3) is 2.35. The van der Waals surface area contributed by atoms with Crippen LogP contribution in [-0.4, -0.2) is 12.0 Å². The van der Waals surface area contributed by atoms with Gasteiger partial charge in [-0.1, -0.05) is 17.4 Å². The van der Waals surface area contributed by atoms with Crippen LogP contribution < -0.4 is 4.90 Å². The van der Waals surface area contributed by atoms with Gasteiger partial charge in [-0.3, -0.25) is 0 Å². The summed E-state index contributed by atoms with van der Waals surface area (Å²) >= 11 is 3.15. The predicted octanol–water partition coefficient (Wildman–Crippen LogP) is 2.71. The van der Waals surface area contributed by atoms with Gasteiger partial charge in [0.2, 0.25) is 0 Å². The highest BCUT2D eigenvalue weighted by Crippen LogP contribution is 2.23. The number of nitriles is 1. The number of rotatable bonds is 3. The van der Waals surface area contributed by atoms with E-state index < -0.39 is 0 Å². The number of thiazole rings is 1. The molecule has 3 nitrogen and oxygen atoms in total. The molecule has 0 fully saturated rings. The van der Waals surface area contributed by atoms with Gasteiger partial charge in [0, 0.05) is 11.9 Å². The van der Waals surface area contributed by atoms with E-state index in [4.69, 9.17) is 5.26 Å². The molecule has 0 aliphatic carbocycles. The topological polar surface area (TPSA) is 39.9 Å². The molecule has 0 aliphatic heterocycles. The summed E-state index contributed by atoms with van der Waals surface area (Å²) < 4.78 is 0. The third-order valence-corrected chi connectivity index (χ3v) is 3.78. The van der Waals surface area contributed by atoms with Crippen LogP contribution in [0.4, 0.5) is 5.13 Å². The Balaban J connectivity index is 2.08. The number of thiophene rings is 1. The highest BCUT2D eigenvalue weighted by molar-refractivity contribution is 7.16. The second-order valence-corrected chi connectivity index (χ2v) is 5.10. The van der Waals surface area contributed by atoms with E-state index in [1.54, 1.807) is 17.5 Å². The van der Waals surface area contributed by atoms with Crippen LogP contribution in [0.15, 0.2) is 23.7 Å². The summed E-state index contributed by atoms with van der Waals surface area (Å²) in [6.07, 6.45) is 1.62. The molecule has 0 spiro atoms. The molecule has 2 aromatic heterocycles. The molecular weight excluding hydrogens is 226 g/mol. The Morgan fingerprint density at radius 2 is 2.47 bits per heavy atom. The molecule has 0 saturated heterocycles. The fourth-order valence-corrected chi connectivity index (χ4v) is 2.63. The highest BCUT2D eigenvalue weighted by Gasteiger charge is 2.07. The summed E-state index contributed by atoms with van der Waals surface area (Å²) in [7, 11) is 1.99. The molecule has 2 rings (SSSR count). The normalized spacial score (nSPS) is 9.87. The minimum Gasteiger partial charge on any atom is -0.346 e. The third-order valence-electron chi connectivity index (χ3n) is 1.90. The molecule has 0 atom stereocenters. The zero-order valence-electron chi connectivity index (χ0n) is 8.17. The monoisotopic (exact) mass is 235 g/mol. The Labute approximate surface area is 96.2 Å². The molecule has 0 bridgehead atoms. The van der Waals surface area contributed by atoms with E-state index in [0.29, 0.717) is 4.88 Å². The van der Waals surface area contributed by atoms with Crippen molar-refractivity contribution in [2.75, 3.05) is 11.9 Å². The lowest BCUT2D eigenvalue weighted by atomic mass is 10.4. The average Bonchev–Trinajstić information content (AvgIpc) is 2.86. The first-order valence-corrected chi connectivity index (χ1v) is 6.08. The number of nitrogens with zero attached hydrogens (tertiary/aromatic N) is 3. The highest BCUT2D eigenvalue weighted by atomic mass is 32.1. The van der Waals surface area contributed by atoms with Gasteiger partial charge in [0.15, 0.2) is 5.13 Å². The van der Waals surface area contributed by atoms with Crippen LogP contribution in [0, 0.1) is 11.3 Å². The number of anilines is 1. The number of aromatic nitrogens is 1. The van der Waals surface area contributed by atoms with Crippen LogP contribution in [0.3, 0.4) is 0 Å². The molecule has 0 aromatic carbocycles. The van der Waals surface area contributed by atoms with Crippen molar-refractivity contribution < 1.29 is 0 Å². The van der Waals surface area contributed by atoms with E-state index in [1.807, 2.05) is 13.1 Å². The van der Waals surface area contributed by atoms with Crippen molar-refractivity contribution in [1.29, 1.82) is 5.26 Å². The van der Waals surface area contributed by atoms with Crippen molar-refractivity contribution in [3.8, 4) is 6.07 Å². The lowest BCUT2D eigenvalue weighted by molar-refractivity contribution is 0.931. The minimum absolute atomic E-state index is 0.656. The Morgan fingerprint density at radius 1 is 1.60 bits per heavy atom. The van der Waals surface area contributed by atoms with Gasteiger partial charge in [-0.15, -0.1) is 11.3 Å². The first-order chi connectivity index (χ1) is 7.29. The molecule has 0 aliphatic rings. The quantitative estimate of drug-likeness (QED) is 0.821. The first-order valence-electron chi connectivity index (χ1n) is 4.39. The van der Waals surface area contributed by atoms with Crippen LogP contribution in [0.25, 0.3) is 0 Å². The minimum atomic E-state index is 0.656. The predicted molar refractivity (Wildman–Crippen MR) is 63.3 cm³/mol. The summed E-state index contributed by atoms with van der Waals surface area (Å²) in [5, 5.41) is 11.6. The van der Waals surface area contributed by atoms with Gasteiger partial charge < -0.3 is 4.90 Å². The van der Waals surface area contributed by atoms with Gasteiger partial charge in [-0.2, -0.15) is 5.26 Å². The maximum absolute atomic E-state index is 8.69. The van der Waals surface area contributed by atoms with Crippen LogP contribution in [0.5, 0.6) is 0 Å². The van der Waals surface area contributed by atoms with Crippen LogP contribution in [0.1, 0.15) is 9.75 Å². The molecule has 0 amide bonds. The van der Waals surface area contributed by atoms with Crippen molar-refractivity contribution in [3.63, 3.8) is 0 Å². The zero-order valence-corrected chi connectivity index (χ0v) is 9.81. The molecule has 0 saturated carbocycles. The largest absolute Gasteiger partial charge is 0.346 e. The van der Waals surface area contributed by atoms with Gasteiger partial charge in [-0.25, -0.2) is 4.98 Å². The smallest absolute Gasteiger partial charge is 0.186 e. The van der Waals surface area contributed by atoms with Crippen molar-refractivity contribution >= 4 is 27.8 Å². The molecule has 0 radical (unpaired) electrons. The Kier molecular flexibility index (Phi) is 2.99. The van der Waals surface area contributed by atoms with Crippen LogP contribution in [0.2, 0.25) is 0 Å². The Morgan fingerprint density at radius 3 is 3.07 bits per heavy atom. The fraction of sp³-hybridized carbons (Fsp3) is 0.200. The molecule has 15 heavy (non-hydrogen) atoms. The van der Waals surface area contributed by atoms with Gasteiger partial charge in [0.05, 0.1) is 12.7 Å². The van der Waals surface area contributed by atoms with E-state index >= 15 is 0 Å². The van der Waals surface area contributed by atoms with Gasteiger partial charge in [0.25, 0.3) is 0 Å². The molecule has 2 heterocycles. The summed E-state index contributed by atoms with van der Waals surface area (Å²) in [5.41, 5.74) is 0. The van der Waals surface area contributed by atoms with Crippen molar-refractivity contribution in [2.24, 2.45) is 0 Å². The number of hydrogen-bond donors (Lipinski definition) is 0. The van der Waals surface area contributed by atoms with E-state index in [0.717, 1.165) is 11.7 Å². The SMILES string of the molecule is CN(Cc1cccs1)c1ncc(C#N)s1. The lowest BCUT2D eigenvalue weighted by Gasteiger charge is -2.13. The summed E-state index contributed by atoms with van der Waals surface area (Å²) in [5.74, 6) is 0. The number of hydrogen-bond acceptors (Lipinski definition) is 5. The van der Waals surface area contributed by atoms with E-state index in [1.165, 1.54) is 16.2 Å². The second kappa shape index (κ2) is 4.43. The zero-order chi connectivity index (χ0) is 10.7. The molecule has 2 aromatic rings. The summed E-state index contributed by atoms with van der Waals surface area (Å²) in [6, 6.07) is 6.23. The van der Waals surface area contributed by atoms with E-state index in [-0.39, 0.29) is 0 Å². The Hall–Kier alpha value is -1.38. The maximum atomic E-state index is 8.69. The van der Waals surface area contributed by atoms with Gasteiger partial charge in [-0.05, 0) is 11.4 Å². The van der Waals surface area contributed by atoms with Gasteiger partial charge >= 0.3 is 0 Å². The maximum Gasteiger partial charge on any atom is 0.186 e. The second-order valence-electron chi connectivity index (χ2n) is 3.05. The van der Waals surface area contributed by atoms with E-state index in [2.05, 4.69) is 27.4 Å². The molecular formula is C10H9N3S2. The van der Waals surface area contributed by atoms with Crippen molar-refractivity contribution in [1.82, 2.24) is 4.98 Å².